The summed E-state index contributed by atoms with van der Waals surface area (Å²) >= 11 is 0. The van der Waals surface area contributed by atoms with Crippen molar-refractivity contribution in [2.24, 2.45) is 17.8 Å². The third-order valence-corrected chi connectivity index (χ3v) is 13.3. The first-order valence-corrected chi connectivity index (χ1v) is 17.3. The minimum Gasteiger partial charge on any atom is -0.466 e. The van der Waals surface area contributed by atoms with Crippen LogP contribution in [0.4, 0.5) is 0 Å². The van der Waals surface area contributed by atoms with Crippen molar-refractivity contribution in [1.82, 2.24) is 0 Å². The van der Waals surface area contributed by atoms with Crippen molar-refractivity contribution in [3.63, 3.8) is 0 Å². The number of carbonyl (C=O) groups is 1. The summed E-state index contributed by atoms with van der Waals surface area (Å²) in [6.07, 6.45) is 14.3. The molecule has 0 aromatic carbocycles. The van der Waals surface area contributed by atoms with E-state index in [2.05, 4.69) is 79.8 Å². The van der Waals surface area contributed by atoms with Gasteiger partial charge in [-0.25, -0.2) is 4.79 Å². The molecule has 2 heterocycles. The average Bonchev–Trinajstić information content (AvgIpc) is 2.86. The second-order valence-corrected chi connectivity index (χ2v) is 17.8. The van der Waals surface area contributed by atoms with Crippen molar-refractivity contribution < 1.29 is 28.5 Å². The third-order valence-electron chi connectivity index (χ3n) is 8.86. The Balaban J connectivity index is 2.13. The van der Waals surface area contributed by atoms with Crippen LogP contribution in [0, 0.1) is 17.8 Å². The number of hydrogen-bond acceptors (Lipinski definition) is 6. The molecule has 0 aromatic heterocycles. The van der Waals surface area contributed by atoms with Gasteiger partial charge in [0.2, 0.25) is 0 Å². The van der Waals surface area contributed by atoms with E-state index in [1.807, 2.05) is 6.08 Å². The van der Waals surface area contributed by atoms with Crippen LogP contribution in [-0.4, -0.2) is 57.2 Å². The van der Waals surface area contributed by atoms with Gasteiger partial charge in [0, 0.05) is 24.8 Å². The van der Waals surface area contributed by atoms with Crippen LogP contribution in [0.5, 0.6) is 0 Å². The van der Waals surface area contributed by atoms with Crippen molar-refractivity contribution in [3.8, 4) is 0 Å². The minimum absolute atomic E-state index is 0.0131. The number of aliphatic hydroxyl groups excluding tert-OH is 1. The fourth-order valence-electron chi connectivity index (χ4n) is 4.80. The van der Waals surface area contributed by atoms with Crippen molar-refractivity contribution in [1.29, 1.82) is 0 Å². The molecule has 0 radical (unpaired) electrons. The smallest absolute Gasteiger partial charge is 0.330 e. The van der Waals surface area contributed by atoms with Crippen LogP contribution in [0.1, 0.15) is 80.6 Å². The number of methoxy groups -OCH3 is 1. The highest BCUT2D eigenvalue weighted by Crippen LogP contribution is 2.43. The molecule has 6 nitrogen and oxygen atoms in total. The van der Waals surface area contributed by atoms with Gasteiger partial charge in [0.25, 0.3) is 0 Å². The number of rotatable bonds is 10. The van der Waals surface area contributed by atoms with Gasteiger partial charge in [0.05, 0.1) is 32.0 Å². The molecule has 0 amide bonds. The zero-order chi connectivity index (χ0) is 28.7. The molecule has 0 unspecified atom stereocenters. The van der Waals surface area contributed by atoms with Gasteiger partial charge in [0.15, 0.2) is 14.1 Å². The van der Waals surface area contributed by atoms with Crippen molar-refractivity contribution >= 4 is 14.3 Å². The molecule has 0 saturated carbocycles. The summed E-state index contributed by atoms with van der Waals surface area (Å²) in [5.74, 6) is -0.103. The van der Waals surface area contributed by atoms with Gasteiger partial charge in [-0.05, 0) is 56.2 Å². The summed E-state index contributed by atoms with van der Waals surface area (Å²) in [5, 5.41) is 9.85. The number of esters is 1. The van der Waals surface area contributed by atoms with Gasteiger partial charge in [0.1, 0.15) is 0 Å². The molecule has 0 aliphatic carbocycles. The Labute approximate surface area is 233 Å². The Morgan fingerprint density at radius 2 is 1.66 bits per heavy atom. The lowest BCUT2D eigenvalue weighted by Crippen LogP contribution is -2.52. The Morgan fingerprint density at radius 3 is 2.21 bits per heavy atom. The maximum Gasteiger partial charge on any atom is 0.330 e. The first-order valence-electron chi connectivity index (χ1n) is 14.4. The van der Waals surface area contributed by atoms with E-state index in [1.54, 1.807) is 0 Å². The molecular weight excluding hydrogens is 496 g/mol. The van der Waals surface area contributed by atoms with E-state index in [1.165, 1.54) is 13.2 Å². The van der Waals surface area contributed by atoms with Gasteiger partial charge in [-0.3, -0.25) is 0 Å². The summed E-state index contributed by atoms with van der Waals surface area (Å²) < 4.78 is 24.5. The number of carbonyl (C=O) groups excluding carboxylic acids is 1. The summed E-state index contributed by atoms with van der Waals surface area (Å²) in [7, 11) is -0.642. The van der Waals surface area contributed by atoms with Crippen LogP contribution in [0.2, 0.25) is 18.1 Å². The lowest BCUT2D eigenvalue weighted by Gasteiger charge is -2.49. The Kier molecular flexibility index (Phi) is 12.0. The second kappa shape index (κ2) is 13.9. The van der Waals surface area contributed by atoms with Gasteiger partial charge < -0.3 is 23.7 Å². The first kappa shape index (κ1) is 33.0. The molecule has 2 fully saturated rings. The van der Waals surface area contributed by atoms with Gasteiger partial charge in [-0.15, -0.1) is 0 Å². The van der Waals surface area contributed by atoms with E-state index in [-0.39, 0.29) is 41.8 Å². The van der Waals surface area contributed by atoms with E-state index in [9.17, 15) is 9.90 Å². The minimum atomic E-state index is -2.03. The van der Waals surface area contributed by atoms with E-state index >= 15 is 0 Å². The summed E-state index contributed by atoms with van der Waals surface area (Å²) in [6, 6.07) is 0. The zero-order valence-electron chi connectivity index (χ0n) is 25.6. The maximum absolute atomic E-state index is 11.7. The van der Waals surface area contributed by atoms with Gasteiger partial charge in [-0.1, -0.05) is 71.4 Å². The predicted molar refractivity (Wildman–Crippen MR) is 156 cm³/mol. The molecule has 2 saturated heterocycles. The van der Waals surface area contributed by atoms with Crippen LogP contribution in [-0.2, 0) is 23.4 Å². The monoisotopic (exact) mass is 550 g/mol. The lowest BCUT2D eigenvalue weighted by molar-refractivity contribution is -0.333. The lowest BCUT2D eigenvalue weighted by atomic mass is 9.84. The molecule has 218 valence electrons. The van der Waals surface area contributed by atoms with E-state index in [0.717, 1.165) is 37.7 Å². The average molecular weight is 551 g/mol. The molecule has 0 aromatic rings. The van der Waals surface area contributed by atoms with Crippen LogP contribution in [0.3, 0.4) is 0 Å². The maximum atomic E-state index is 11.7. The van der Waals surface area contributed by atoms with Crippen molar-refractivity contribution in [3.05, 3.63) is 36.0 Å². The number of hydrogen-bond donors (Lipinski definition) is 1. The third kappa shape index (κ3) is 9.15. The highest BCUT2D eigenvalue weighted by atomic mass is 28.4. The fourth-order valence-corrected chi connectivity index (χ4v) is 6.13. The SMILES string of the molecule is COC(=O)/C=C/[C@H](C)[C@H](/C=C/C(C)=C/C[C@H]1O[C@@]2(CC[C@H](C)[C@H](CO)O2)CC[C@@H]1C)O[Si](C)(C)C(C)(C)C. The molecule has 7 heteroatoms. The Hall–Kier alpha value is -1.25. The highest BCUT2D eigenvalue weighted by Gasteiger charge is 2.46. The highest BCUT2D eigenvalue weighted by molar-refractivity contribution is 6.74. The molecule has 7 atom stereocenters. The van der Waals surface area contributed by atoms with Crippen LogP contribution >= 0.6 is 0 Å². The van der Waals surface area contributed by atoms with Crippen LogP contribution < -0.4 is 0 Å². The topological polar surface area (TPSA) is 74.2 Å². The second-order valence-electron chi connectivity index (χ2n) is 13.1. The molecule has 0 bridgehead atoms. The van der Waals surface area contributed by atoms with E-state index in [4.69, 9.17) is 18.6 Å². The van der Waals surface area contributed by atoms with Gasteiger partial charge in [-0.2, -0.15) is 0 Å². The predicted octanol–water partition coefficient (Wildman–Crippen LogP) is 6.95. The van der Waals surface area contributed by atoms with Crippen LogP contribution in [0.25, 0.3) is 0 Å². The molecule has 1 spiro atoms. The first-order chi connectivity index (χ1) is 17.6. The largest absolute Gasteiger partial charge is 0.466 e. The number of aliphatic hydroxyl groups is 1. The van der Waals surface area contributed by atoms with Gasteiger partial charge >= 0.3 is 5.97 Å². The molecule has 38 heavy (non-hydrogen) atoms. The normalized spacial score (nSPS) is 31.2. The molecule has 2 aliphatic heterocycles. The molecule has 2 aliphatic rings. The molecule has 1 N–H and O–H groups in total. The molecule has 2 rings (SSSR count). The van der Waals surface area contributed by atoms with Crippen molar-refractivity contribution in [2.45, 2.75) is 123 Å². The zero-order valence-corrected chi connectivity index (χ0v) is 26.6. The standard InChI is InChI=1S/C31H54O6Si/c1-22(11-14-26-24(3)17-19-31(35-26)20-18-25(4)28(21-32)36-31)12-15-27(23(2)13-16-29(33)34-8)37-38(9,10)30(5,6)7/h11-13,15-16,23-28,32H,14,17-21H2,1-10H3/b15-12+,16-13+,22-11+/t23-,24-,25-,26+,27-,28-,31-/m0/s1. The summed E-state index contributed by atoms with van der Waals surface area (Å²) in [6.45, 7) is 19.8. The fraction of sp³-hybridized carbons (Fsp3) is 0.774. The van der Waals surface area contributed by atoms with E-state index < -0.39 is 14.1 Å². The number of allylic oxidation sites excluding steroid dienone is 2. The Morgan fingerprint density at radius 1 is 1.08 bits per heavy atom. The van der Waals surface area contributed by atoms with Crippen LogP contribution in [0.15, 0.2) is 36.0 Å². The summed E-state index contributed by atoms with van der Waals surface area (Å²) in [5.41, 5.74) is 1.15. The molecular formula is C31H54O6Si. The quantitative estimate of drug-likeness (QED) is 0.137. The number of ether oxygens (including phenoxy) is 3. The summed E-state index contributed by atoms with van der Waals surface area (Å²) in [4.78, 5) is 11.7. The van der Waals surface area contributed by atoms with E-state index in [0.29, 0.717) is 11.8 Å². The van der Waals surface area contributed by atoms with Crippen molar-refractivity contribution in [2.75, 3.05) is 13.7 Å². The Bertz CT molecular complexity index is 853.